The van der Waals surface area contributed by atoms with Gasteiger partial charge in [-0.2, -0.15) is 0 Å². The van der Waals surface area contributed by atoms with Gasteiger partial charge in [0.2, 0.25) is 0 Å². The second kappa shape index (κ2) is 13.1. The largest absolute Gasteiger partial charge is 0.484 e. The molecule has 1 amide bonds. The number of hydrogen-bond donors (Lipinski definition) is 4. The molecule has 0 bridgehead atoms. The molecule has 1 aromatic heterocycles. The van der Waals surface area contributed by atoms with Gasteiger partial charge in [0.15, 0.2) is 12.4 Å². The van der Waals surface area contributed by atoms with Gasteiger partial charge in [0.25, 0.3) is 5.91 Å². The van der Waals surface area contributed by atoms with Crippen molar-refractivity contribution in [1.82, 2.24) is 15.3 Å². The summed E-state index contributed by atoms with van der Waals surface area (Å²) in [5.74, 6) is 3.22. The van der Waals surface area contributed by atoms with Crippen LogP contribution < -0.4 is 26.0 Å². The van der Waals surface area contributed by atoms with Crippen LogP contribution in [0.15, 0.2) is 48.5 Å². The lowest BCUT2D eigenvalue weighted by Gasteiger charge is -2.23. The van der Waals surface area contributed by atoms with E-state index in [1.165, 1.54) is 19.1 Å². The van der Waals surface area contributed by atoms with E-state index in [9.17, 15) is 4.79 Å². The van der Waals surface area contributed by atoms with Gasteiger partial charge >= 0.3 is 0 Å². The van der Waals surface area contributed by atoms with Crippen molar-refractivity contribution in [2.24, 2.45) is 5.92 Å². The Morgan fingerprint density at radius 1 is 1.18 bits per heavy atom. The summed E-state index contributed by atoms with van der Waals surface area (Å²) in [6, 6.07) is 15.0. The molecule has 1 unspecified atom stereocenters. The predicted molar refractivity (Wildman–Crippen MR) is 158 cm³/mol. The molecule has 206 valence electrons. The van der Waals surface area contributed by atoms with Crippen LogP contribution in [0.1, 0.15) is 52.0 Å². The first-order valence-electron chi connectivity index (χ1n) is 13.7. The van der Waals surface area contributed by atoms with Gasteiger partial charge in [-0.05, 0) is 69.4 Å². The summed E-state index contributed by atoms with van der Waals surface area (Å²) in [5.41, 5.74) is 8.75. The lowest BCUT2D eigenvalue weighted by atomic mass is 9.98. The van der Waals surface area contributed by atoms with E-state index in [0.717, 1.165) is 48.9 Å². The molecule has 2 aromatic carbocycles. The van der Waals surface area contributed by atoms with Gasteiger partial charge in [-0.25, -0.2) is 9.97 Å². The van der Waals surface area contributed by atoms with Gasteiger partial charge in [0.05, 0.1) is 0 Å². The van der Waals surface area contributed by atoms with E-state index in [1.54, 1.807) is 6.07 Å². The number of nitrogens with zero attached hydrogens (tertiary/aromatic N) is 3. The highest BCUT2D eigenvalue weighted by Crippen LogP contribution is 2.30. The molecule has 1 aliphatic heterocycles. The fourth-order valence-corrected chi connectivity index (χ4v) is 4.76. The van der Waals surface area contributed by atoms with E-state index in [2.05, 4.69) is 22.5 Å². The minimum atomic E-state index is -0.167. The molecule has 0 saturated carbocycles. The zero-order valence-corrected chi connectivity index (χ0v) is 23.0. The molecule has 1 fully saturated rings. The van der Waals surface area contributed by atoms with Crippen molar-refractivity contribution in [3.05, 3.63) is 54.1 Å². The van der Waals surface area contributed by atoms with Crippen molar-refractivity contribution >= 4 is 35.1 Å². The van der Waals surface area contributed by atoms with Gasteiger partial charge < -0.3 is 31.4 Å². The highest BCUT2D eigenvalue weighted by molar-refractivity contribution is 5.87. The second-order valence-corrected chi connectivity index (χ2v) is 10.3. The average molecular weight is 530 g/mol. The summed E-state index contributed by atoms with van der Waals surface area (Å²) < 4.78 is 5.75. The summed E-state index contributed by atoms with van der Waals surface area (Å²) in [5, 5.41) is 13.9. The number of hydrogen-bond acceptors (Lipinski definition) is 8. The lowest BCUT2D eigenvalue weighted by molar-refractivity contribution is -0.123. The Hall–Kier alpha value is -4.14. The smallest absolute Gasteiger partial charge is 0.258 e. The Morgan fingerprint density at radius 3 is 2.79 bits per heavy atom. The van der Waals surface area contributed by atoms with Crippen molar-refractivity contribution < 1.29 is 9.53 Å². The number of ether oxygens (including phenoxy) is 1. The molecule has 1 aliphatic rings. The van der Waals surface area contributed by atoms with Crippen LogP contribution in [0.5, 0.6) is 5.75 Å². The molecule has 0 aliphatic carbocycles. The zero-order chi connectivity index (χ0) is 27.8. The summed E-state index contributed by atoms with van der Waals surface area (Å²) in [4.78, 5) is 24.2. The molecule has 9 nitrogen and oxygen atoms in total. The highest BCUT2D eigenvalue weighted by atomic mass is 16.5. The van der Waals surface area contributed by atoms with Crippen LogP contribution >= 0.6 is 0 Å². The molecule has 2 heterocycles. The van der Waals surface area contributed by atoms with Crippen LogP contribution in [0.3, 0.4) is 0 Å². The Labute approximate surface area is 230 Å². The van der Waals surface area contributed by atoms with Crippen LogP contribution in [0.2, 0.25) is 0 Å². The number of rotatable bonds is 10. The van der Waals surface area contributed by atoms with E-state index in [1.807, 2.05) is 56.3 Å². The molecule has 9 heteroatoms. The molecule has 5 N–H and O–H groups in total. The van der Waals surface area contributed by atoms with Crippen LogP contribution in [-0.4, -0.2) is 47.8 Å². The summed E-state index contributed by atoms with van der Waals surface area (Å²) in [6.07, 6.45) is 5.94. The monoisotopic (exact) mass is 529 g/mol. The molecule has 4 rings (SSSR count). The van der Waals surface area contributed by atoms with Crippen molar-refractivity contribution in [3.63, 3.8) is 0 Å². The first-order valence-corrected chi connectivity index (χ1v) is 13.7. The summed E-state index contributed by atoms with van der Waals surface area (Å²) in [6.45, 7) is 7.92. The van der Waals surface area contributed by atoms with E-state index in [4.69, 9.17) is 25.8 Å². The van der Waals surface area contributed by atoms with E-state index in [-0.39, 0.29) is 18.6 Å². The minimum absolute atomic E-state index is 0.0530. The van der Waals surface area contributed by atoms with E-state index >= 15 is 0 Å². The molecule has 0 spiro atoms. The maximum absolute atomic E-state index is 12.1. The fraction of sp³-hybridized carbons (Fsp3) is 0.400. The number of carbonyl (C=O) groups excluding carboxylic acids is 1. The molecule has 39 heavy (non-hydrogen) atoms. The maximum Gasteiger partial charge on any atom is 0.258 e. The van der Waals surface area contributed by atoms with Crippen LogP contribution in [0, 0.1) is 11.3 Å². The van der Waals surface area contributed by atoms with Crippen LogP contribution in [0.25, 0.3) is 11.4 Å². The molecular weight excluding hydrogens is 490 g/mol. The third-order valence-corrected chi connectivity index (χ3v) is 6.89. The SMILES string of the molecule is CCC1CCCN(c2cc(Nc3ccc(N)c(C=N)c3)nc(-c3cccc(OCC(=O)NC(C)C)c3)n2)CC1. The highest BCUT2D eigenvalue weighted by Gasteiger charge is 2.19. The lowest BCUT2D eigenvalue weighted by Crippen LogP contribution is -2.34. The number of nitrogens with two attached hydrogens (primary N) is 1. The first-order chi connectivity index (χ1) is 18.8. The molecule has 1 atom stereocenters. The minimum Gasteiger partial charge on any atom is -0.484 e. The van der Waals surface area contributed by atoms with Crippen molar-refractivity contribution in [3.8, 4) is 17.1 Å². The third kappa shape index (κ3) is 7.69. The summed E-state index contributed by atoms with van der Waals surface area (Å²) in [7, 11) is 0. The molecular formula is C30H39N7O2. The molecule has 0 radical (unpaired) electrons. The summed E-state index contributed by atoms with van der Waals surface area (Å²) >= 11 is 0. The van der Waals surface area contributed by atoms with Crippen molar-refractivity contribution in [1.29, 1.82) is 5.41 Å². The first kappa shape index (κ1) is 27.9. The van der Waals surface area contributed by atoms with Crippen LogP contribution in [-0.2, 0) is 4.79 Å². The predicted octanol–water partition coefficient (Wildman–Crippen LogP) is 5.39. The number of carbonyl (C=O) groups is 1. The average Bonchev–Trinajstić information content (AvgIpc) is 3.18. The van der Waals surface area contributed by atoms with E-state index < -0.39 is 0 Å². The number of benzene rings is 2. The second-order valence-electron chi connectivity index (χ2n) is 10.3. The van der Waals surface area contributed by atoms with Crippen LogP contribution in [0.4, 0.5) is 23.0 Å². The van der Waals surface area contributed by atoms with Gasteiger partial charge in [-0.3, -0.25) is 4.79 Å². The molecule has 1 saturated heterocycles. The topological polar surface area (TPSA) is 129 Å². The quantitative estimate of drug-likeness (QED) is 0.205. The number of nitrogens with one attached hydrogen (secondary N) is 3. The number of anilines is 4. The fourth-order valence-electron chi connectivity index (χ4n) is 4.76. The molecule has 3 aromatic rings. The standard InChI is InChI=1S/C30H39N7O2/c1-4-21-7-6-13-37(14-12-21)28-17-27(34-24-10-11-26(32)23(15-24)18-31)35-30(36-28)22-8-5-9-25(16-22)39-19-29(38)33-20(2)3/h5,8-11,15-18,20-21,31H,4,6-7,12-14,19,32H2,1-3H3,(H,33,38)(H,34,35,36). The Balaban J connectivity index is 1.65. The third-order valence-electron chi connectivity index (χ3n) is 6.89. The van der Waals surface area contributed by atoms with Gasteiger partial charge in [-0.15, -0.1) is 0 Å². The Kier molecular flexibility index (Phi) is 9.35. The van der Waals surface area contributed by atoms with E-state index in [0.29, 0.717) is 28.6 Å². The maximum atomic E-state index is 12.1. The number of amides is 1. The number of nitrogen functional groups attached to an aromatic ring is 1. The van der Waals surface area contributed by atoms with Gasteiger partial charge in [-0.1, -0.05) is 25.5 Å². The van der Waals surface area contributed by atoms with Crippen molar-refractivity contribution in [2.45, 2.75) is 52.5 Å². The van der Waals surface area contributed by atoms with Gasteiger partial charge in [0.1, 0.15) is 17.4 Å². The van der Waals surface area contributed by atoms with Crippen molar-refractivity contribution in [2.75, 3.05) is 35.6 Å². The Morgan fingerprint density at radius 2 is 2.03 bits per heavy atom. The zero-order valence-electron chi connectivity index (χ0n) is 23.0. The number of aromatic nitrogens is 2. The normalized spacial score (nSPS) is 15.5. The van der Waals surface area contributed by atoms with Gasteiger partial charge in [0, 0.05) is 53.9 Å². The Bertz CT molecular complexity index is 1290.